The van der Waals surface area contributed by atoms with Crippen molar-refractivity contribution in [2.45, 2.75) is 32.6 Å². The zero-order valence-corrected chi connectivity index (χ0v) is 19.7. The van der Waals surface area contributed by atoms with Crippen LogP contribution in [-0.2, 0) is 12.8 Å². The molecular weight excluding hydrogens is 556 g/mol. The van der Waals surface area contributed by atoms with E-state index in [4.69, 9.17) is 10.5 Å². The molecule has 3 nitrogen and oxygen atoms in total. The van der Waals surface area contributed by atoms with E-state index in [1.165, 1.54) is 48.3 Å². The van der Waals surface area contributed by atoms with E-state index in [1.54, 1.807) is 19.1 Å². The molecule has 3 rings (SSSR count). The van der Waals surface area contributed by atoms with Crippen molar-refractivity contribution < 1.29 is 31.1 Å². The second-order valence-corrected chi connectivity index (χ2v) is 6.51. The molecule has 0 unspecified atom stereocenters. The Morgan fingerprint density at radius 1 is 1.07 bits per heavy atom. The van der Waals surface area contributed by atoms with Gasteiger partial charge in [0.2, 0.25) is 0 Å². The molecule has 0 radical (unpaired) electrons. The van der Waals surface area contributed by atoms with E-state index < -0.39 is 0 Å². The van der Waals surface area contributed by atoms with Crippen LogP contribution in [0.3, 0.4) is 0 Å². The average Bonchev–Trinajstić information content (AvgIpc) is 2.66. The second kappa shape index (κ2) is 10.4. The summed E-state index contributed by atoms with van der Waals surface area (Å²) >= 11 is 0. The van der Waals surface area contributed by atoms with Gasteiger partial charge < -0.3 is 4.90 Å². The van der Waals surface area contributed by atoms with Crippen LogP contribution in [0.25, 0.3) is 6.08 Å². The van der Waals surface area contributed by atoms with Gasteiger partial charge >= 0.3 is 31.1 Å². The fourth-order valence-corrected chi connectivity index (χ4v) is 3.70. The van der Waals surface area contributed by atoms with Crippen molar-refractivity contribution in [3.05, 3.63) is 70.3 Å². The fourth-order valence-electron chi connectivity index (χ4n) is 3.70. The Morgan fingerprint density at radius 3 is 2.26 bits per heavy atom. The van der Waals surface area contributed by atoms with Crippen LogP contribution < -0.4 is 4.90 Å². The summed E-state index contributed by atoms with van der Waals surface area (Å²) in [5, 5.41) is 18.0. The standard InChI is InChI=1S/C23H21N3.U/c1-2-7-19(22(16-24)17-25)9-4-3-8-18-14-20-10-5-12-26-13-6-11-21(15-18)23(20)26;/h3,7-9,14-15H,5-6,10-13H2,1H3;/q-2;+2/b8-3+;. The smallest absolute Gasteiger partial charge is 0.371 e. The first kappa shape index (κ1) is 21.3. The fraction of sp³-hybridized carbons (Fsp3) is 0.304. The minimum atomic E-state index is 0. The van der Waals surface area contributed by atoms with Gasteiger partial charge in [-0.05, 0) is 36.8 Å². The third kappa shape index (κ3) is 5.05. The van der Waals surface area contributed by atoms with Crippen molar-refractivity contribution >= 4 is 11.8 Å². The zero-order valence-electron chi connectivity index (χ0n) is 15.5. The Balaban J connectivity index is 0.00000261. The van der Waals surface area contributed by atoms with Gasteiger partial charge in [0.1, 0.15) is 0 Å². The minimum Gasteiger partial charge on any atom is -0.371 e. The van der Waals surface area contributed by atoms with Gasteiger partial charge in [0.25, 0.3) is 0 Å². The molecule has 1 aromatic carbocycles. The number of allylic oxidation sites excluding steroid dienone is 7. The first-order valence-electron chi connectivity index (χ1n) is 8.98. The molecule has 0 saturated heterocycles. The van der Waals surface area contributed by atoms with Gasteiger partial charge in [-0.25, -0.2) is 6.08 Å². The maximum absolute atomic E-state index is 9.01. The zero-order chi connectivity index (χ0) is 18.4. The van der Waals surface area contributed by atoms with E-state index in [2.05, 4.69) is 29.2 Å². The van der Waals surface area contributed by atoms with E-state index in [-0.39, 0.29) is 36.7 Å². The molecule has 0 fully saturated rings. The number of nitrogens with zero attached hydrogens (tertiary/aromatic N) is 3. The Bertz CT molecular complexity index is 844. The van der Waals surface area contributed by atoms with Crippen molar-refractivity contribution in [1.82, 2.24) is 0 Å². The molecule has 0 N–H and O–H groups in total. The molecule has 2 aliphatic rings. The molecule has 132 valence electrons. The van der Waals surface area contributed by atoms with Crippen molar-refractivity contribution in [3.63, 3.8) is 0 Å². The maximum atomic E-state index is 9.01. The quantitative estimate of drug-likeness (QED) is 0.302. The summed E-state index contributed by atoms with van der Waals surface area (Å²) in [6, 6.07) is 8.36. The van der Waals surface area contributed by atoms with Crippen LogP contribution >= 0.6 is 0 Å². The summed E-state index contributed by atoms with van der Waals surface area (Å²) in [4.78, 5) is 2.53. The summed E-state index contributed by atoms with van der Waals surface area (Å²) in [6.45, 7) is 4.10. The Kier molecular flexibility index (Phi) is 8.19. The summed E-state index contributed by atoms with van der Waals surface area (Å²) in [7, 11) is 0. The molecule has 0 aromatic heterocycles. The SMILES string of the molecule is C[C-]=CC(C=[C-]/C=C/c1cc2c3c(c1)CCCN3CCC2)=C(C#N)C#N.[U+2]. The van der Waals surface area contributed by atoms with Crippen LogP contribution in [0.4, 0.5) is 5.69 Å². The maximum Gasteiger partial charge on any atom is 2.00 e. The number of benzene rings is 1. The average molecular weight is 577 g/mol. The number of rotatable bonds is 4. The van der Waals surface area contributed by atoms with Crippen LogP contribution in [0, 0.1) is 65.9 Å². The van der Waals surface area contributed by atoms with Crippen LogP contribution in [0.5, 0.6) is 0 Å². The minimum absolute atomic E-state index is 0. The molecule has 0 saturated carbocycles. The van der Waals surface area contributed by atoms with Gasteiger partial charge in [-0.2, -0.15) is 34.8 Å². The van der Waals surface area contributed by atoms with Crippen molar-refractivity contribution in [2.24, 2.45) is 0 Å². The van der Waals surface area contributed by atoms with Gasteiger partial charge in [0.15, 0.2) is 0 Å². The Hall–Kier alpha value is -1.99. The topological polar surface area (TPSA) is 50.8 Å². The molecule has 4 heteroatoms. The van der Waals surface area contributed by atoms with Crippen LogP contribution in [0.2, 0.25) is 0 Å². The van der Waals surface area contributed by atoms with E-state index in [9.17, 15) is 0 Å². The summed E-state index contributed by atoms with van der Waals surface area (Å²) in [6.07, 6.45) is 17.8. The van der Waals surface area contributed by atoms with E-state index in [0.717, 1.165) is 12.8 Å². The number of hydrogen-bond acceptors (Lipinski definition) is 3. The molecule has 2 heterocycles. The first-order chi connectivity index (χ1) is 12.8. The van der Waals surface area contributed by atoms with Gasteiger partial charge in [-0.15, -0.1) is 12.5 Å². The molecule has 0 bridgehead atoms. The number of nitriles is 2. The van der Waals surface area contributed by atoms with Gasteiger partial charge in [-0.3, -0.25) is 6.08 Å². The summed E-state index contributed by atoms with van der Waals surface area (Å²) in [5.74, 6) is 0. The predicted molar refractivity (Wildman–Crippen MR) is 104 cm³/mol. The molecular formula is C23H21N3U. The number of anilines is 1. The molecule has 1 aromatic rings. The first-order valence-corrected chi connectivity index (χ1v) is 8.98. The third-order valence-corrected chi connectivity index (χ3v) is 4.78. The van der Waals surface area contributed by atoms with Gasteiger partial charge in [-0.1, -0.05) is 17.7 Å². The Morgan fingerprint density at radius 2 is 1.70 bits per heavy atom. The van der Waals surface area contributed by atoms with Crippen LogP contribution in [-0.4, -0.2) is 13.1 Å². The largest absolute Gasteiger partial charge is 2.00 e. The van der Waals surface area contributed by atoms with Crippen LogP contribution in [0.1, 0.15) is 36.5 Å². The van der Waals surface area contributed by atoms with Crippen molar-refractivity contribution in [3.8, 4) is 12.1 Å². The van der Waals surface area contributed by atoms with Gasteiger partial charge in [0.05, 0.1) is 17.7 Å². The second-order valence-electron chi connectivity index (χ2n) is 6.51. The molecule has 27 heavy (non-hydrogen) atoms. The Labute approximate surface area is 185 Å². The summed E-state index contributed by atoms with van der Waals surface area (Å²) in [5.41, 5.74) is 6.17. The molecule has 0 aliphatic carbocycles. The number of aryl methyl sites for hydroxylation is 2. The van der Waals surface area contributed by atoms with Crippen molar-refractivity contribution in [1.29, 1.82) is 10.5 Å². The van der Waals surface area contributed by atoms with Crippen molar-refractivity contribution in [2.75, 3.05) is 18.0 Å². The third-order valence-electron chi connectivity index (χ3n) is 4.78. The predicted octanol–water partition coefficient (Wildman–Crippen LogP) is 4.48. The molecule has 0 spiro atoms. The van der Waals surface area contributed by atoms with Crippen LogP contribution in [0.15, 0.2) is 41.5 Å². The number of hydrogen-bond donors (Lipinski definition) is 0. The molecule has 2 aliphatic heterocycles. The van der Waals surface area contributed by atoms with E-state index >= 15 is 0 Å². The van der Waals surface area contributed by atoms with E-state index in [1.807, 2.05) is 24.3 Å². The normalized spacial score (nSPS) is 15.3. The van der Waals surface area contributed by atoms with E-state index in [0.29, 0.717) is 5.57 Å². The summed E-state index contributed by atoms with van der Waals surface area (Å²) < 4.78 is 0. The van der Waals surface area contributed by atoms with Gasteiger partial charge in [0, 0.05) is 18.8 Å². The molecule has 0 atom stereocenters. The molecule has 0 amide bonds. The monoisotopic (exact) mass is 577 g/mol.